The van der Waals surface area contributed by atoms with Gasteiger partial charge in [0.15, 0.2) is 0 Å². The Labute approximate surface area is 117 Å². The maximum absolute atomic E-state index is 12.2. The van der Waals surface area contributed by atoms with Crippen LogP contribution in [0, 0.1) is 0 Å². The molecule has 0 saturated heterocycles. The van der Waals surface area contributed by atoms with Crippen LogP contribution in [0.4, 0.5) is 5.69 Å². The number of likely N-dealkylation sites (N-methyl/N-ethyl adjacent to an activating group) is 1. The lowest BCUT2D eigenvalue weighted by atomic mass is 9.85. The second-order valence-electron chi connectivity index (χ2n) is 5.68. The minimum absolute atomic E-state index is 0.0668. The molecule has 1 aromatic heterocycles. The Hall–Kier alpha value is -2.07. The minimum Gasteiger partial charge on any atom is -0.466 e. The van der Waals surface area contributed by atoms with Gasteiger partial charge in [-0.3, -0.25) is 4.79 Å². The summed E-state index contributed by atoms with van der Waals surface area (Å²) in [7, 11) is 1.78. The number of nitrogens with zero attached hydrogens (tertiary/aromatic N) is 1. The van der Waals surface area contributed by atoms with E-state index in [4.69, 9.17) is 4.42 Å². The zero-order chi connectivity index (χ0) is 14.5. The summed E-state index contributed by atoms with van der Waals surface area (Å²) in [6, 6.07) is 9.08. The quantitative estimate of drug-likeness (QED) is 0.913. The van der Waals surface area contributed by atoms with E-state index in [0.717, 1.165) is 16.8 Å². The van der Waals surface area contributed by atoms with E-state index in [1.165, 1.54) is 6.26 Å². The van der Waals surface area contributed by atoms with E-state index in [0.29, 0.717) is 5.76 Å². The number of carbonyl (C=O) groups excluding carboxylic acids is 1. The van der Waals surface area contributed by atoms with Crippen molar-refractivity contribution in [1.82, 2.24) is 0 Å². The van der Waals surface area contributed by atoms with Gasteiger partial charge in [0.05, 0.1) is 11.7 Å². The Morgan fingerprint density at radius 3 is 2.70 bits per heavy atom. The number of aliphatic hydroxyl groups is 1. The van der Waals surface area contributed by atoms with Crippen LogP contribution in [0.25, 0.3) is 0 Å². The Balaban J connectivity index is 2.07. The standard InChI is InChI=1S/C16H17NO3/c1-16(2)11-9-10(14(18)13-5-4-8-20-13)6-7-12(11)17(3)15(16)19/h4-9,14,18H,1-3H3. The maximum atomic E-state index is 12.2. The van der Waals surface area contributed by atoms with E-state index in [2.05, 4.69) is 0 Å². The molecule has 1 aromatic carbocycles. The average Bonchev–Trinajstić information content (AvgIpc) is 3.02. The van der Waals surface area contributed by atoms with Crippen LogP contribution in [0.3, 0.4) is 0 Å². The summed E-state index contributed by atoms with van der Waals surface area (Å²) in [5.74, 6) is 0.567. The van der Waals surface area contributed by atoms with Gasteiger partial charge in [-0.1, -0.05) is 6.07 Å². The molecule has 0 aliphatic carbocycles. The van der Waals surface area contributed by atoms with Crippen LogP contribution in [-0.4, -0.2) is 18.1 Å². The van der Waals surface area contributed by atoms with Gasteiger partial charge in [-0.2, -0.15) is 0 Å². The zero-order valence-electron chi connectivity index (χ0n) is 11.8. The van der Waals surface area contributed by atoms with E-state index >= 15 is 0 Å². The van der Waals surface area contributed by atoms with E-state index in [1.807, 2.05) is 32.0 Å². The Kier molecular flexibility index (Phi) is 2.73. The molecule has 0 bridgehead atoms. The third-order valence-corrected chi connectivity index (χ3v) is 4.02. The van der Waals surface area contributed by atoms with E-state index < -0.39 is 11.5 Å². The van der Waals surface area contributed by atoms with Crippen LogP contribution in [-0.2, 0) is 10.2 Å². The number of furan rings is 1. The van der Waals surface area contributed by atoms with Gasteiger partial charge in [-0.25, -0.2) is 0 Å². The van der Waals surface area contributed by atoms with Crippen LogP contribution >= 0.6 is 0 Å². The highest BCUT2D eigenvalue weighted by atomic mass is 16.4. The molecule has 0 saturated carbocycles. The summed E-state index contributed by atoms with van der Waals surface area (Å²) in [5, 5.41) is 10.3. The number of aliphatic hydroxyl groups excluding tert-OH is 1. The highest BCUT2D eigenvalue weighted by Crippen LogP contribution is 2.42. The fourth-order valence-corrected chi connectivity index (χ4v) is 2.77. The second-order valence-corrected chi connectivity index (χ2v) is 5.68. The van der Waals surface area contributed by atoms with Crippen molar-refractivity contribution < 1.29 is 14.3 Å². The van der Waals surface area contributed by atoms with Gasteiger partial charge in [0.2, 0.25) is 5.91 Å². The fourth-order valence-electron chi connectivity index (χ4n) is 2.77. The topological polar surface area (TPSA) is 53.7 Å². The molecule has 1 unspecified atom stereocenters. The van der Waals surface area contributed by atoms with Gasteiger partial charge >= 0.3 is 0 Å². The molecule has 3 rings (SSSR count). The monoisotopic (exact) mass is 271 g/mol. The van der Waals surface area contributed by atoms with Crippen LogP contribution < -0.4 is 4.90 Å². The van der Waals surface area contributed by atoms with Crippen molar-refractivity contribution in [1.29, 1.82) is 0 Å². The Bertz CT molecular complexity index is 658. The number of benzene rings is 1. The minimum atomic E-state index is -0.813. The molecule has 2 heterocycles. The Morgan fingerprint density at radius 1 is 1.30 bits per heavy atom. The van der Waals surface area contributed by atoms with Crippen molar-refractivity contribution in [2.45, 2.75) is 25.4 Å². The molecular weight excluding hydrogens is 254 g/mol. The van der Waals surface area contributed by atoms with Gasteiger partial charge in [-0.05, 0) is 49.2 Å². The highest BCUT2D eigenvalue weighted by Gasteiger charge is 2.42. The fraction of sp³-hybridized carbons (Fsp3) is 0.312. The van der Waals surface area contributed by atoms with E-state index in [1.54, 1.807) is 24.1 Å². The SMILES string of the molecule is CN1C(=O)C(C)(C)c2cc(C(O)c3ccco3)ccc21. The number of anilines is 1. The molecule has 0 radical (unpaired) electrons. The zero-order valence-corrected chi connectivity index (χ0v) is 11.8. The lowest BCUT2D eigenvalue weighted by Gasteiger charge is -2.17. The molecule has 1 atom stereocenters. The summed E-state index contributed by atoms with van der Waals surface area (Å²) >= 11 is 0. The second kappa shape index (κ2) is 4.21. The van der Waals surface area contributed by atoms with Crippen molar-refractivity contribution in [3.05, 3.63) is 53.5 Å². The van der Waals surface area contributed by atoms with Gasteiger partial charge in [0, 0.05) is 12.7 Å². The van der Waals surface area contributed by atoms with Crippen molar-refractivity contribution >= 4 is 11.6 Å². The molecule has 104 valence electrons. The maximum Gasteiger partial charge on any atom is 0.236 e. The first kappa shape index (κ1) is 12.9. The van der Waals surface area contributed by atoms with Gasteiger partial charge in [-0.15, -0.1) is 0 Å². The smallest absolute Gasteiger partial charge is 0.236 e. The molecular formula is C16H17NO3. The highest BCUT2D eigenvalue weighted by molar-refractivity contribution is 6.07. The van der Waals surface area contributed by atoms with Gasteiger partial charge in [0.25, 0.3) is 0 Å². The van der Waals surface area contributed by atoms with Gasteiger partial charge in [0.1, 0.15) is 11.9 Å². The Morgan fingerprint density at radius 2 is 2.05 bits per heavy atom. The van der Waals surface area contributed by atoms with Crippen molar-refractivity contribution in [2.75, 3.05) is 11.9 Å². The number of hydrogen-bond acceptors (Lipinski definition) is 3. The van der Waals surface area contributed by atoms with Crippen LogP contribution in [0.2, 0.25) is 0 Å². The van der Waals surface area contributed by atoms with Crippen molar-refractivity contribution in [2.24, 2.45) is 0 Å². The molecule has 4 nitrogen and oxygen atoms in total. The predicted octanol–water partition coefficient (Wildman–Crippen LogP) is 2.62. The van der Waals surface area contributed by atoms with E-state index in [-0.39, 0.29) is 5.91 Å². The molecule has 0 fully saturated rings. The molecule has 20 heavy (non-hydrogen) atoms. The first-order chi connectivity index (χ1) is 9.43. The number of carbonyl (C=O) groups is 1. The van der Waals surface area contributed by atoms with Crippen LogP contribution in [0.5, 0.6) is 0 Å². The van der Waals surface area contributed by atoms with Crippen LogP contribution in [0.15, 0.2) is 41.0 Å². The molecule has 1 aliphatic heterocycles. The summed E-state index contributed by atoms with van der Waals surface area (Å²) < 4.78 is 5.24. The molecule has 0 spiro atoms. The third-order valence-electron chi connectivity index (χ3n) is 4.02. The molecule has 4 heteroatoms. The largest absolute Gasteiger partial charge is 0.466 e. The summed E-state index contributed by atoms with van der Waals surface area (Å²) in [6.07, 6.45) is 0.722. The third kappa shape index (κ3) is 1.68. The summed E-state index contributed by atoms with van der Waals surface area (Å²) in [5.41, 5.74) is 2.00. The number of amides is 1. The molecule has 1 N–H and O–H groups in total. The predicted molar refractivity (Wildman–Crippen MR) is 75.6 cm³/mol. The van der Waals surface area contributed by atoms with Gasteiger partial charge < -0.3 is 14.4 Å². The lowest BCUT2D eigenvalue weighted by molar-refractivity contribution is -0.121. The average molecular weight is 271 g/mol. The normalized spacial score (nSPS) is 18.2. The first-order valence-corrected chi connectivity index (χ1v) is 6.57. The van der Waals surface area contributed by atoms with E-state index in [9.17, 15) is 9.90 Å². The summed E-state index contributed by atoms with van der Waals surface area (Å²) in [4.78, 5) is 13.9. The van der Waals surface area contributed by atoms with Crippen molar-refractivity contribution in [3.63, 3.8) is 0 Å². The summed E-state index contributed by atoms with van der Waals surface area (Å²) in [6.45, 7) is 3.81. The lowest BCUT2D eigenvalue weighted by Crippen LogP contribution is -2.33. The molecule has 1 aliphatic rings. The number of fused-ring (bicyclic) bond motifs is 1. The molecule has 1 amide bonds. The van der Waals surface area contributed by atoms with Crippen molar-refractivity contribution in [3.8, 4) is 0 Å². The van der Waals surface area contributed by atoms with Crippen LogP contribution in [0.1, 0.15) is 36.8 Å². The molecule has 2 aromatic rings. The first-order valence-electron chi connectivity index (χ1n) is 6.57. The number of hydrogen-bond donors (Lipinski definition) is 1. The number of rotatable bonds is 2.